The maximum atomic E-state index is 12.6. The number of nitrogens with one attached hydrogen (secondary N) is 1. The van der Waals surface area contributed by atoms with Gasteiger partial charge >= 0.3 is 5.97 Å². The molecule has 148 valence electrons. The van der Waals surface area contributed by atoms with Crippen molar-refractivity contribution >= 4 is 49.5 Å². The molecule has 2 heterocycles. The van der Waals surface area contributed by atoms with E-state index >= 15 is 0 Å². The topological polar surface area (TPSA) is 90.7 Å². The van der Waals surface area contributed by atoms with Crippen LogP contribution in [-0.2, 0) is 4.74 Å². The molecule has 1 N–H and O–H groups in total. The number of esters is 1. The number of rotatable bonds is 6. The van der Waals surface area contributed by atoms with Crippen LogP contribution in [0.25, 0.3) is 21.2 Å². The number of anilines is 1. The van der Waals surface area contributed by atoms with E-state index in [2.05, 4.69) is 10.3 Å². The van der Waals surface area contributed by atoms with E-state index in [9.17, 15) is 9.59 Å². The van der Waals surface area contributed by atoms with Crippen LogP contribution < -0.4 is 10.1 Å². The Morgan fingerprint density at radius 2 is 2.00 bits per heavy atom. The summed E-state index contributed by atoms with van der Waals surface area (Å²) < 4.78 is 17.0. The summed E-state index contributed by atoms with van der Waals surface area (Å²) >= 11 is 1.27. The van der Waals surface area contributed by atoms with Gasteiger partial charge in [0.2, 0.25) is 0 Å². The van der Waals surface area contributed by atoms with Crippen molar-refractivity contribution in [3.05, 3.63) is 53.8 Å². The molecule has 2 aromatic heterocycles. The van der Waals surface area contributed by atoms with Gasteiger partial charge in [0.05, 0.1) is 29.0 Å². The summed E-state index contributed by atoms with van der Waals surface area (Å²) in [5.41, 5.74) is 1.66. The van der Waals surface area contributed by atoms with Crippen molar-refractivity contribution in [3.63, 3.8) is 0 Å². The van der Waals surface area contributed by atoms with Crippen LogP contribution in [0, 0.1) is 0 Å². The third-order valence-electron chi connectivity index (χ3n) is 4.15. The van der Waals surface area contributed by atoms with Crippen molar-refractivity contribution in [2.24, 2.45) is 0 Å². The van der Waals surface area contributed by atoms with Crippen LogP contribution in [0.2, 0.25) is 0 Å². The standard InChI is InChI=1S/C21H18N2O5S/c1-3-26-15-7-5-6-12-10-16(28-18(12)15)19(24)23-21-22-14-9-8-13(11-17(14)29-21)20(25)27-4-2/h5-11H,3-4H2,1-2H3,(H,22,23,24). The third kappa shape index (κ3) is 3.79. The number of fused-ring (bicyclic) bond motifs is 2. The Kier molecular flexibility index (Phi) is 5.18. The Morgan fingerprint density at radius 1 is 1.14 bits per heavy atom. The van der Waals surface area contributed by atoms with Crippen molar-refractivity contribution in [1.29, 1.82) is 0 Å². The van der Waals surface area contributed by atoms with Gasteiger partial charge in [-0.1, -0.05) is 23.5 Å². The highest BCUT2D eigenvalue weighted by Crippen LogP contribution is 2.31. The van der Waals surface area contributed by atoms with Crippen molar-refractivity contribution in [2.75, 3.05) is 18.5 Å². The summed E-state index contributed by atoms with van der Waals surface area (Å²) in [6.07, 6.45) is 0. The maximum absolute atomic E-state index is 12.6. The average Bonchev–Trinajstić information content (AvgIpc) is 3.31. The number of ether oxygens (including phenoxy) is 2. The Hall–Kier alpha value is -3.39. The third-order valence-corrected chi connectivity index (χ3v) is 5.09. The number of amides is 1. The van der Waals surface area contributed by atoms with Gasteiger partial charge in [-0.25, -0.2) is 9.78 Å². The number of carbonyl (C=O) groups excluding carboxylic acids is 2. The second kappa shape index (κ2) is 7.92. The van der Waals surface area contributed by atoms with Gasteiger partial charge < -0.3 is 13.9 Å². The molecule has 0 aliphatic rings. The predicted octanol–water partition coefficient (Wildman–Crippen LogP) is 4.87. The maximum Gasteiger partial charge on any atom is 0.338 e. The molecule has 0 unspecified atom stereocenters. The van der Waals surface area contributed by atoms with Gasteiger partial charge in [-0.3, -0.25) is 10.1 Å². The molecule has 0 saturated carbocycles. The van der Waals surface area contributed by atoms with Crippen LogP contribution in [0.15, 0.2) is 46.9 Å². The molecule has 0 spiro atoms. The SMILES string of the molecule is CCOC(=O)c1ccc2nc(NC(=O)c3cc4cccc(OCC)c4o3)sc2c1. The molecule has 1 amide bonds. The zero-order valence-electron chi connectivity index (χ0n) is 15.9. The first-order chi connectivity index (χ1) is 14.1. The van der Waals surface area contributed by atoms with Gasteiger partial charge in [0.15, 0.2) is 22.2 Å². The number of para-hydroxylation sites is 1. The molecule has 4 aromatic rings. The zero-order chi connectivity index (χ0) is 20.4. The number of furan rings is 1. The average molecular weight is 410 g/mol. The van der Waals surface area contributed by atoms with E-state index in [0.29, 0.717) is 40.8 Å². The fourth-order valence-corrected chi connectivity index (χ4v) is 3.80. The molecule has 0 radical (unpaired) electrons. The summed E-state index contributed by atoms with van der Waals surface area (Å²) in [5.74, 6) is -0.0387. The second-order valence-corrected chi connectivity index (χ2v) is 7.12. The molecule has 7 nitrogen and oxygen atoms in total. The van der Waals surface area contributed by atoms with Crippen LogP contribution in [0.4, 0.5) is 5.13 Å². The highest BCUT2D eigenvalue weighted by molar-refractivity contribution is 7.22. The number of aromatic nitrogens is 1. The Morgan fingerprint density at radius 3 is 2.79 bits per heavy atom. The Balaban J connectivity index is 1.58. The lowest BCUT2D eigenvalue weighted by molar-refractivity contribution is 0.0526. The summed E-state index contributed by atoms with van der Waals surface area (Å²) in [6.45, 7) is 4.45. The molecular formula is C21H18N2O5S. The number of hydrogen-bond donors (Lipinski definition) is 1. The predicted molar refractivity (Wildman–Crippen MR) is 111 cm³/mol. The van der Waals surface area contributed by atoms with E-state index in [0.717, 1.165) is 10.1 Å². The van der Waals surface area contributed by atoms with E-state index in [4.69, 9.17) is 13.9 Å². The number of hydrogen-bond acceptors (Lipinski definition) is 7. The molecule has 0 aliphatic heterocycles. The zero-order valence-corrected chi connectivity index (χ0v) is 16.7. The van der Waals surface area contributed by atoms with E-state index in [1.165, 1.54) is 11.3 Å². The normalized spacial score (nSPS) is 11.0. The smallest absolute Gasteiger partial charge is 0.338 e. The van der Waals surface area contributed by atoms with Gasteiger partial charge in [0.1, 0.15) is 0 Å². The van der Waals surface area contributed by atoms with Crippen LogP contribution in [0.5, 0.6) is 5.75 Å². The van der Waals surface area contributed by atoms with Crippen molar-refractivity contribution in [3.8, 4) is 5.75 Å². The van der Waals surface area contributed by atoms with Crippen molar-refractivity contribution in [1.82, 2.24) is 4.98 Å². The lowest BCUT2D eigenvalue weighted by atomic mass is 10.2. The van der Waals surface area contributed by atoms with Gasteiger partial charge in [-0.15, -0.1) is 0 Å². The fourth-order valence-electron chi connectivity index (χ4n) is 2.90. The monoisotopic (exact) mass is 410 g/mol. The van der Waals surface area contributed by atoms with Crippen LogP contribution in [0.1, 0.15) is 34.8 Å². The molecular weight excluding hydrogens is 392 g/mol. The number of carbonyl (C=O) groups is 2. The largest absolute Gasteiger partial charge is 0.490 e. The van der Waals surface area contributed by atoms with Gasteiger partial charge in [0.25, 0.3) is 5.91 Å². The van der Waals surface area contributed by atoms with Crippen molar-refractivity contribution < 1.29 is 23.5 Å². The minimum absolute atomic E-state index is 0.165. The number of nitrogens with zero attached hydrogens (tertiary/aromatic N) is 1. The van der Waals surface area contributed by atoms with Crippen molar-refractivity contribution in [2.45, 2.75) is 13.8 Å². The second-order valence-electron chi connectivity index (χ2n) is 6.09. The minimum atomic E-state index is -0.409. The van der Waals surface area contributed by atoms with Gasteiger partial charge in [-0.2, -0.15) is 0 Å². The molecule has 0 saturated heterocycles. The molecule has 0 aliphatic carbocycles. The first-order valence-electron chi connectivity index (χ1n) is 9.13. The number of thiazole rings is 1. The minimum Gasteiger partial charge on any atom is -0.490 e. The Labute approximate surface area is 170 Å². The summed E-state index contributed by atoms with van der Waals surface area (Å²) in [7, 11) is 0. The lowest BCUT2D eigenvalue weighted by Crippen LogP contribution is -2.10. The first-order valence-corrected chi connectivity index (χ1v) is 9.95. The van der Waals surface area contributed by atoms with Gasteiger partial charge in [0, 0.05) is 5.39 Å². The van der Waals surface area contributed by atoms with Gasteiger partial charge in [-0.05, 0) is 44.2 Å². The molecule has 8 heteroatoms. The van der Waals surface area contributed by atoms with Crippen LogP contribution in [-0.4, -0.2) is 30.1 Å². The molecule has 2 aromatic carbocycles. The summed E-state index contributed by atoms with van der Waals surface area (Å²) in [5, 5.41) is 3.95. The van der Waals surface area contributed by atoms with E-state index in [1.807, 2.05) is 19.1 Å². The summed E-state index contributed by atoms with van der Waals surface area (Å²) in [6, 6.07) is 12.2. The van der Waals surface area contributed by atoms with E-state index in [1.54, 1.807) is 37.3 Å². The number of benzene rings is 2. The lowest BCUT2D eigenvalue weighted by Gasteiger charge is -2.02. The molecule has 29 heavy (non-hydrogen) atoms. The van der Waals surface area contributed by atoms with E-state index in [-0.39, 0.29) is 11.7 Å². The fraction of sp³-hybridized carbons (Fsp3) is 0.190. The highest BCUT2D eigenvalue weighted by atomic mass is 32.1. The molecule has 0 fully saturated rings. The summed E-state index contributed by atoms with van der Waals surface area (Å²) in [4.78, 5) is 28.9. The van der Waals surface area contributed by atoms with Crippen LogP contribution >= 0.6 is 11.3 Å². The highest BCUT2D eigenvalue weighted by Gasteiger charge is 2.17. The first kappa shape index (κ1) is 18.9. The molecule has 4 rings (SSSR count). The van der Waals surface area contributed by atoms with E-state index < -0.39 is 5.91 Å². The Bertz CT molecular complexity index is 1210. The molecule has 0 bridgehead atoms. The quantitative estimate of drug-likeness (QED) is 0.456. The molecule has 0 atom stereocenters. The van der Waals surface area contributed by atoms with Crippen LogP contribution in [0.3, 0.4) is 0 Å².